The van der Waals surface area contributed by atoms with Crippen LogP contribution in [0.15, 0.2) is 18.2 Å². The zero-order valence-electron chi connectivity index (χ0n) is 14.5. The quantitative estimate of drug-likeness (QED) is 0.798. The predicted octanol–water partition coefficient (Wildman–Crippen LogP) is 2.94. The molecule has 0 radical (unpaired) electrons. The number of halogens is 2. The molecule has 1 aromatic carbocycles. The van der Waals surface area contributed by atoms with E-state index in [0.717, 1.165) is 6.07 Å². The minimum atomic E-state index is -0.728. The van der Waals surface area contributed by atoms with Gasteiger partial charge in [-0.1, -0.05) is 17.7 Å². The van der Waals surface area contributed by atoms with Crippen LogP contribution in [0.1, 0.15) is 44.0 Å². The van der Waals surface area contributed by atoms with Crippen molar-refractivity contribution in [1.29, 1.82) is 0 Å². The van der Waals surface area contributed by atoms with Crippen molar-refractivity contribution in [1.82, 2.24) is 5.32 Å². The van der Waals surface area contributed by atoms with E-state index < -0.39 is 29.3 Å². The minimum Gasteiger partial charge on any atom is -0.460 e. The number of hydrogen-bond donors (Lipinski definition) is 2. The first-order valence-corrected chi connectivity index (χ1v) is 8.59. The van der Waals surface area contributed by atoms with Crippen molar-refractivity contribution < 1.29 is 23.8 Å². The zero-order chi connectivity index (χ0) is 18.8. The molecule has 2 rings (SSSR count). The molecule has 0 aromatic heterocycles. The number of benzene rings is 1. The number of esters is 1. The molecule has 1 aliphatic rings. The Bertz CT molecular complexity index is 639. The Balaban J connectivity index is 1.93. The molecular weight excluding hydrogens is 349 g/mol. The molecular formula is C18H23ClFNO4. The van der Waals surface area contributed by atoms with E-state index in [2.05, 4.69) is 5.32 Å². The van der Waals surface area contributed by atoms with Gasteiger partial charge in [-0.25, -0.2) is 4.39 Å². The van der Waals surface area contributed by atoms with E-state index >= 15 is 0 Å². The number of aliphatic hydroxyl groups excluding tert-OH is 1. The highest BCUT2D eigenvalue weighted by Gasteiger charge is 2.39. The van der Waals surface area contributed by atoms with E-state index in [4.69, 9.17) is 16.3 Å². The lowest BCUT2D eigenvalue weighted by atomic mass is 10.0. The topological polar surface area (TPSA) is 75.6 Å². The Morgan fingerprint density at radius 1 is 1.36 bits per heavy atom. The summed E-state index contributed by atoms with van der Waals surface area (Å²) in [6.07, 6.45) is -0.0361. The Kier molecular flexibility index (Phi) is 6.06. The van der Waals surface area contributed by atoms with Gasteiger partial charge in [-0.15, -0.1) is 0 Å². The highest BCUT2D eigenvalue weighted by atomic mass is 35.5. The van der Waals surface area contributed by atoms with Crippen molar-refractivity contribution in [3.8, 4) is 0 Å². The van der Waals surface area contributed by atoms with Crippen molar-refractivity contribution >= 4 is 23.5 Å². The van der Waals surface area contributed by atoms with Crippen LogP contribution in [0, 0.1) is 17.7 Å². The van der Waals surface area contributed by atoms with Crippen LogP contribution in [0.5, 0.6) is 0 Å². The monoisotopic (exact) mass is 371 g/mol. The number of carbonyl (C=O) groups is 2. The largest absolute Gasteiger partial charge is 0.460 e. The Morgan fingerprint density at radius 3 is 2.64 bits per heavy atom. The first-order valence-electron chi connectivity index (χ1n) is 8.21. The van der Waals surface area contributed by atoms with Crippen molar-refractivity contribution in [3.63, 3.8) is 0 Å². The van der Waals surface area contributed by atoms with Crippen LogP contribution in [-0.2, 0) is 9.53 Å². The summed E-state index contributed by atoms with van der Waals surface area (Å²) >= 11 is 5.86. The highest BCUT2D eigenvalue weighted by Crippen LogP contribution is 2.33. The molecule has 1 saturated carbocycles. The lowest BCUT2D eigenvalue weighted by Crippen LogP contribution is -2.33. The molecule has 2 N–H and O–H groups in total. The van der Waals surface area contributed by atoms with E-state index in [1.54, 1.807) is 20.8 Å². The fourth-order valence-electron chi connectivity index (χ4n) is 2.93. The molecule has 0 saturated heterocycles. The maximum atomic E-state index is 13.7. The van der Waals surface area contributed by atoms with Crippen molar-refractivity contribution in [2.24, 2.45) is 11.8 Å². The SMILES string of the molecule is CC(C)(C)OC(=O)C1CC(O)C(CNC(=O)c2c(F)cccc2Cl)C1. The number of aliphatic hydroxyl groups is 1. The van der Waals surface area contributed by atoms with Gasteiger partial charge in [0.2, 0.25) is 0 Å². The Morgan fingerprint density at radius 2 is 2.04 bits per heavy atom. The molecule has 5 nitrogen and oxygen atoms in total. The number of ether oxygens (including phenoxy) is 1. The first kappa shape index (κ1) is 19.7. The van der Waals surface area contributed by atoms with Crippen molar-refractivity contribution in [2.75, 3.05) is 6.54 Å². The summed E-state index contributed by atoms with van der Waals surface area (Å²) in [7, 11) is 0. The van der Waals surface area contributed by atoms with Crippen LogP contribution >= 0.6 is 11.6 Å². The second-order valence-electron chi connectivity index (χ2n) is 7.34. The van der Waals surface area contributed by atoms with Gasteiger partial charge in [0.05, 0.1) is 22.6 Å². The molecule has 0 bridgehead atoms. The lowest BCUT2D eigenvalue weighted by molar-refractivity contribution is -0.160. The summed E-state index contributed by atoms with van der Waals surface area (Å²) in [6.45, 7) is 5.48. The van der Waals surface area contributed by atoms with Gasteiger partial charge in [-0.2, -0.15) is 0 Å². The second kappa shape index (κ2) is 7.70. The molecule has 138 valence electrons. The van der Waals surface area contributed by atoms with Gasteiger partial charge in [-0.05, 0) is 45.7 Å². The van der Waals surface area contributed by atoms with Gasteiger partial charge in [0.1, 0.15) is 11.4 Å². The van der Waals surface area contributed by atoms with Gasteiger partial charge in [0.15, 0.2) is 0 Å². The van der Waals surface area contributed by atoms with E-state index in [1.807, 2.05) is 0 Å². The van der Waals surface area contributed by atoms with Crippen molar-refractivity contribution in [3.05, 3.63) is 34.6 Å². The highest BCUT2D eigenvalue weighted by molar-refractivity contribution is 6.33. The minimum absolute atomic E-state index is 0.0242. The number of hydrogen-bond acceptors (Lipinski definition) is 4. The normalized spacial score (nSPS) is 23.4. The van der Waals surface area contributed by atoms with Gasteiger partial charge >= 0.3 is 5.97 Å². The summed E-state index contributed by atoms with van der Waals surface area (Å²) < 4.78 is 19.1. The van der Waals surface area contributed by atoms with Gasteiger partial charge in [-0.3, -0.25) is 9.59 Å². The van der Waals surface area contributed by atoms with Crippen LogP contribution in [0.2, 0.25) is 5.02 Å². The third-order valence-corrected chi connectivity index (χ3v) is 4.43. The number of nitrogens with one attached hydrogen (secondary N) is 1. The third-order valence-electron chi connectivity index (χ3n) is 4.11. The fraction of sp³-hybridized carbons (Fsp3) is 0.556. The number of rotatable bonds is 4. The summed E-state index contributed by atoms with van der Waals surface area (Å²) in [5, 5.41) is 12.7. The predicted molar refractivity (Wildman–Crippen MR) is 91.8 cm³/mol. The standard InChI is InChI=1S/C18H23ClFNO4/c1-18(2,3)25-17(24)10-7-11(14(22)8-10)9-21-16(23)15-12(19)5-4-6-13(15)20/h4-6,10-11,14,22H,7-9H2,1-3H3,(H,21,23). The molecule has 7 heteroatoms. The van der Waals surface area contributed by atoms with E-state index in [-0.39, 0.29) is 35.4 Å². The Hall–Kier alpha value is -1.66. The molecule has 1 aromatic rings. The zero-order valence-corrected chi connectivity index (χ0v) is 15.3. The van der Waals surface area contributed by atoms with Crippen LogP contribution in [0.25, 0.3) is 0 Å². The molecule has 3 atom stereocenters. The average Bonchev–Trinajstić information content (AvgIpc) is 2.84. The maximum Gasteiger partial charge on any atom is 0.309 e. The smallest absolute Gasteiger partial charge is 0.309 e. The van der Waals surface area contributed by atoms with Crippen molar-refractivity contribution in [2.45, 2.75) is 45.3 Å². The van der Waals surface area contributed by atoms with E-state index in [9.17, 15) is 19.1 Å². The van der Waals surface area contributed by atoms with Gasteiger partial charge in [0.25, 0.3) is 5.91 Å². The van der Waals surface area contributed by atoms with Crippen LogP contribution < -0.4 is 5.32 Å². The first-order chi connectivity index (χ1) is 11.6. The molecule has 0 heterocycles. The van der Waals surface area contributed by atoms with Gasteiger partial charge in [0, 0.05) is 12.5 Å². The Labute approximate surface area is 151 Å². The fourth-order valence-corrected chi connectivity index (χ4v) is 3.18. The molecule has 0 spiro atoms. The molecule has 0 aliphatic heterocycles. The molecule has 3 unspecified atom stereocenters. The number of carbonyl (C=O) groups excluding carboxylic acids is 2. The van der Waals surface area contributed by atoms with Crippen LogP contribution in [0.3, 0.4) is 0 Å². The average molecular weight is 372 g/mol. The second-order valence-corrected chi connectivity index (χ2v) is 7.74. The molecule has 1 aliphatic carbocycles. The number of amides is 1. The van der Waals surface area contributed by atoms with Crippen LogP contribution in [-0.4, -0.2) is 35.2 Å². The lowest BCUT2D eigenvalue weighted by Gasteiger charge is -2.22. The molecule has 1 amide bonds. The summed E-state index contributed by atoms with van der Waals surface area (Å²) in [5.41, 5.74) is -0.809. The van der Waals surface area contributed by atoms with E-state index in [0.29, 0.717) is 6.42 Å². The maximum absolute atomic E-state index is 13.7. The van der Waals surface area contributed by atoms with Crippen LogP contribution in [0.4, 0.5) is 4.39 Å². The third kappa shape index (κ3) is 5.16. The summed E-state index contributed by atoms with van der Waals surface area (Å²) in [5.74, 6) is -2.41. The molecule has 1 fully saturated rings. The molecule has 25 heavy (non-hydrogen) atoms. The summed E-state index contributed by atoms with van der Waals surface area (Å²) in [4.78, 5) is 24.3. The van der Waals surface area contributed by atoms with Gasteiger partial charge < -0.3 is 15.2 Å². The summed E-state index contributed by atoms with van der Waals surface area (Å²) in [6, 6.07) is 4.01. The van der Waals surface area contributed by atoms with E-state index in [1.165, 1.54) is 12.1 Å².